The lowest BCUT2D eigenvalue weighted by molar-refractivity contribution is 0.253. The number of aromatic nitrogens is 4. The molecule has 2 heterocycles. The molecule has 0 spiro atoms. The lowest BCUT2D eigenvalue weighted by Crippen LogP contribution is -2.26. The minimum atomic E-state index is -0.288. The highest BCUT2D eigenvalue weighted by molar-refractivity contribution is 5.40. The second-order valence-electron chi connectivity index (χ2n) is 4.74. The minimum absolute atomic E-state index is 0.118. The molecule has 0 saturated carbocycles. The largest absolute Gasteiger partial charge is 0.342 e. The van der Waals surface area contributed by atoms with Gasteiger partial charge in [0.2, 0.25) is 11.7 Å². The molecule has 2 rings (SSSR count). The Balaban J connectivity index is 2.27. The fourth-order valence-electron chi connectivity index (χ4n) is 1.22. The van der Waals surface area contributed by atoms with E-state index in [1.165, 1.54) is 0 Å². The molecular weight excluding hydrogens is 206 g/mol. The minimum Gasteiger partial charge on any atom is -0.342 e. The van der Waals surface area contributed by atoms with Crippen molar-refractivity contribution < 1.29 is 4.52 Å². The second kappa shape index (κ2) is 3.71. The van der Waals surface area contributed by atoms with Crippen molar-refractivity contribution in [2.45, 2.75) is 26.8 Å². The molecule has 0 aliphatic rings. The fourth-order valence-corrected chi connectivity index (χ4v) is 1.22. The predicted octanol–water partition coefficient (Wildman–Crippen LogP) is 1.51. The quantitative estimate of drug-likeness (QED) is 0.801. The molecule has 0 radical (unpaired) electrons. The summed E-state index contributed by atoms with van der Waals surface area (Å²) in [7, 11) is 0. The van der Waals surface area contributed by atoms with E-state index in [1.807, 2.05) is 20.8 Å². The van der Waals surface area contributed by atoms with Gasteiger partial charge < -0.3 is 15.2 Å². The number of nitrogens with two attached hydrogens (primary N) is 1. The van der Waals surface area contributed by atoms with Crippen molar-refractivity contribution in [1.82, 2.24) is 20.1 Å². The summed E-state index contributed by atoms with van der Waals surface area (Å²) < 4.78 is 5.13. The number of nitrogens with one attached hydrogen (secondary N) is 1. The highest BCUT2D eigenvalue weighted by atomic mass is 16.5. The molecule has 0 aliphatic carbocycles. The third kappa shape index (κ3) is 1.96. The predicted molar refractivity (Wildman–Crippen MR) is 58.3 cm³/mol. The monoisotopic (exact) mass is 221 g/mol. The molecule has 6 nitrogen and oxygen atoms in total. The van der Waals surface area contributed by atoms with Gasteiger partial charge in [-0.2, -0.15) is 4.98 Å². The molecular formula is C10H15N5O. The van der Waals surface area contributed by atoms with E-state index in [9.17, 15) is 0 Å². The normalized spacial score (nSPS) is 14.0. The Kier molecular flexibility index (Phi) is 2.51. The van der Waals surface area contributed by atoms with Crippen molar-refractivity contribution in [3.63, 3.8) is 0 Å². The van der Waals surface area contributed by atoms with Gasteiger partial charge in [0.1, 0.15) is 0 Å². The van der Waals surface area contributed by atoms with Crippen molar-refractivity contribution in [1.29, 1.82) is 0 Å². The van der Waals surface area contributed by atoms with Crippen LogP contribution in [0.15, 0.2) is 16.9 Å². The molecule has 1 atom stereocenters. The van der Waals surface area contributed by atoms with Crippen LogP contribution in [0.1, 0.15) is 32.7 Å². The van der Waals surface area contributed by atoms with Gasteiger partial charge in [-0.25, -0.2) is 4.98 Å². The second-order valence-corrected chi connectivity index (χ2v) is 4.74. The van der Waals surface area contributed by atoms with Gasteiger partial charge in [0.15, 0.2) is 5.82 Å². The van der Waals surface area contributed by atoms with Crippen molar-refractivity contribution in [3.05, 3.63) is 18.3 Å². The summed E-state index contributed by atoms with van der Waals surface area (Å²) in [6.45, 7) is 6.07. The van der Waals surface area contributed by atoms with Crippen LogP contribution in [0.25, 0.3) is 11.6 Å². The van der Waals surface area contributed by atoms with Crippen LogP contribution >= 0.6 is 0 Å². The average Bonchev–Trinajstić information content (AvgIpc) is 2.85. The van der Waals surface area contributed by atoms with E-state index in [-0.39, 0.29) is 11.5 Å². The highest BCUT2D eigenvalue weighted by Crippen LogP contribution is 2.29. The zero-order valence-corrected chi connectivity index (χ0v) is 9.56. The Morgan fingerprint density at radius 1 is 1.44 bits per heavy atom. The fraction of sp³-hybridized carbons (Fsp3) is 0.500. The van der Waals surface area contributed by atoms with Gasteiger partial charge in [0, 0.05) is 12.4 Å². The van der Waals surface area contributed by atoms with E-state index < -0.39 is 0 Å². The zero-order valence-electron chi connectivity index (χ0n) is 9.56. The van der Waals surface area contributed by atoms with Gasteiger partial charge in [0.25, 0.3) is 0 Å². The van der Waals surface area contributed by atoms with Crippen LogP contribution < -0.4 is 5.73 Å². The smallest absolute Gasteiger partial charge is 0.244 e. The number of rotatable bonds is 2. The summed E-state index contributed by atoms with van der Waals surface area (Å²) in [6.07, 6.45) is 3.34. The number of imidazole rings is 1. The summed E-state index contributed by atoms with van der Waals surface area (Å²) in [5.74, 6) is 1.44. The molecule has 0 amide bonds. The molecule has 0 aromatic carbocycles. The van der Waals surface area contributed by atoms with Gasteiger partial charge in [-0.15, -0.1) is 0 Å². The summed E-state index contributed by atoms with van der Waals surface area (Å²) in [5, 5.41) is 3.83. The van der Waals surface area contributed by atoms with Crippen molar-refractivity contribution in [2.24, 2.45) is 11.1 Å². The summed E-state index contributed by atoms with van der Waals surface area (Å²) in [5.41, 5.74) is 5.89. The van der Waals surface area contributed by atoms with E-state index >= 15 is 0 Å². The van der Waals surface area contributed by atoms with E-state index in [0.29, 0.717) is 17.5 Å². The first-order valence-corrected chi connectivity index (χ1v) is 5.07. The van der Waals surface area contributed by atoms with Crippen LogP contribution in [0.2, 0.25) is 0 Å². The van der Waals surface area contributed by atoms with E-state index in [1.54, 1.807) is 12.4 Å². The van der Waals surface area contributed by atoms with Gasteiger partial charge in [-0.1, -0.05) is 25.9 Å². The molecule has 3 N–H and O–H groups in total. The molecule has 2 aromatic rings. The summed E-state index contributed by atoms with van der Waals surface area (Å²) in [6, 6.07) is -0.288. The number of H-pyrrole nitrogens is 1. The van der Waals surface area contributed by atoms with Gasteiger partial charge in [-0.3, -0.25) is 0 Å². The van der Waals surface area contributed by atoms with Crippen LogP contribution in [0.5, 0.6) is 0 Å². The molecule has 6 heteroatoms. The first kappa shape index (κ1) is 10.8. The Morgan fingerprint density at radius 3 is 2.75 bits per heavy atom. The Bertz CT molecular complexity index is 454. The third-order valence-corrected chi connectivity index (χ3v) is 2.35. The molecule has 86 valence electrons. The maximum atomic E-state index is 6.01. The number of hydrogen-bond donors (Lipinski definition) is 2. The Labute approximate surface area is 93.3 Å². The van der Waals surface area contributed by atoms with E-state index in [4.69, 9.17) is 10.3 Å². The van der Waals surface area contributed by atoms with Gasteiger partial charge >= 0.3 is 0 Å². The number of nitrogens with zero attached hydrogens (tertiary/aromatic N) is 3. The van der Waals surface area contributed by atoms with Crippen LogP contribution in [0, 0.1) is 5.41 Å². The van der Waals surface area contributed by atoms with E-state index in [2.05, 4.69) is 20.1 Å². The lowest BCUT2D eigenvalue weighted by Gasteiger charge is -2.23. The van der Waals surface area contributed by atoms with Crippen LogP contribution in [-0.4, -0.2) is 20.1 Å². The lowest BCUT2D eigenvalue weighted by atomic mass is 9.87. The molecule has 16 heavy (non-hydrogen) atoms. The van der Waals surface area contributed by atoms with Crippen LogP contribution in [-0.2, 0) is 0 Å². The maximum Gasteiger partial charge on any atom is 0.244 e. The zero-order chi connectivity index (χ0) is 11.8. The van der Waals surface area contributed by atoms with Crippen molar-refractivity contribution >= 4 is 0 Å². The summed E-state index contributed by atoms with van der Waals surface area (Å²) in [4.78, 5) is 11.2. The highest BCUT2D eigenvalue weighted by Gasteiger charge is 2.27. The van der Waals surface area contributed by atoms with Gasteiger partial charge in [-0.05, 0) is 5.41 Å². The summed E-state index contributed by atoms with van der Waals surface area (Å²) >= 11 is 0. The van der Waals surface area contributed by atoms with E-state index in [0.717, 1.165) is 0 Å². The maximum absolute atomic E-state index is 6.01. The topological polar surface area (TPSA) is 93.6 Å². The third-order valence-electron chi connectivity index (χ3n) is 2.35. The molecule has 0 saturated heterocycles. The Morgan fingerprint density at radius 2 is 2.19 bits per heavy atom. The first-order chi connectivity index (χ1) is 7.48. The number of aromatic amines is 1. The average molecular weight is 221 g/mol. The van der Waals surface area contributed by atoms with Crippen molar-refractivity contribution in [3.8, 4) is 11.6 Å². The molecule has 2 aromatic heterocycles. The molecule has 0 bridgehead atoms. The standard InChI is InChI=1S/C10H15N5O/c1-10(2,3)6(11)9-14-8(15-16-9)7-12-4-5-13-7/h4-6H,11H2,1-3H3,(H,12,13)/t6-/m0/s1. The molecule has 0 aliphatic heterocycles. The van der Waals surface area contributed by atoms with Crippen molar-refractivity contribution in [2.75, 3.05) is 0 Å². The molecule has 0 unspecified atom stereocenters. The van der Waals surface area contributed by atoms with Gasteiger partial charge in [0.05, 0.1) is 6.04 Å². The SMILES string of the molecule is CC(C)(C)[C@@H](N)c1nc(-c2ncc[nH]2)no1. The molecule has 0 fully saturated rings. The number of hydrogen-bond acceptors (Lipinski definition) is 5. The van der Waals surface area contributed by atoms with Crippen LogP contribution in [0.4, 0.5) is 0 Å². The first-order valence-electron chi connectivity index (χ1n) is 5.07. The van der Waals surface area contributed by atoms with Crippen LogP contribution in [0.3, 0.4) is 0 Å². The Hall–Kier alpha value is -1.69.